The lowest BCUT2D eigenvalue weighted by atomic mass is 9.99. The first-order valence-electron chi connectivity index (χ1n) is 7.80. The van der Waals surface area contributed by atoms with Crippen LogP contribution in [0.5, 0.6) is 0 Å². The zero-order valence-electron chi connectivity index (χ0n) is 12.9. The van der Waals surface area contributed by atoms with Crippen molar-refractivity contribution in [3.8, 4) is 0 Å². The molecule has 0 radical (unpaired) electrons. The van der Waals surface area contributed by atoms with Gasteiger partial charge >= 0.3 is 0 Å². The van der Waals surface area contributed by atoms with Gasteiger partial charge in [-0.1, -0.05) is 6.92 Å². The van der Waals surface area contributed by atoms with Crippen molar-refractivity contribution in [2.45, 2.75) is 33.6 Å². The van der Waals surface area contributed by atoms with Gasteiger partial charge in [0, 0.05) is 37.4 Å². The lowest BCUT2D eigenvalue weighted by Gasteiger charge is -2.31. The maximum absolute atomic E-state index is 12.5. The Morgan fingerprint density at radius 2 is 1.90 bits per heavy atom. The van der Waals surface area contributed by atoms with Crippen LogP contribution in [0.4, 0.5) is 5.69 Å². The highest BCUT2D eigenvalue weighted by atomic mass is 16.2. The predicted molar refractivity (Wildman–Crippen MR) is 84.3 cm³/mol. The minimum atomic E-state index is 0.183. The van der Waals surface area contributed by atoms with Gasteiger partial charge in [-0.25, -0.2) is 0 Å². The summed E-state index contributed by atoms with van der Waals surface area (Å²) in [5, 5.41) is 0. The highest BCUT2D eigenvalue weighted by molar-refractivity contribution is 5.94. The molecule has 110 valence electrons. The molecular formula is C17H26N2O. The Hall–Kier alpha value is -1.51. The van der Waals surface area contributed by atoms with Gasteiger partial charge in [-0.3, -0.25) is 4.79 Å². The largest absolute Gasteiger partial charge is 0.372 e. The van der Waals surface area contributed by atoms with Crippen LogP contribution in [0, 0.1) is 5.92 Å². The van der Waals surface area contributed by atoms with Crippen molar-refractivity contribution in [2.75, 3.05) is 31.1 Å². The number of hydrogen-bond donors (Lipinski definition) is 0. The Morgan fingerprint density at radius 1 is 1.25 bits per heavy atom. The van der Waals surface area contributed by atoms with E-state index in [0.29, 0.717) is 5.92 Å². The van der Waals surface area contributed by atoms with Gasteiger partial charge in [-0.2, -0.15) is 0 Å². The third-order valence-corrected chi connectivity index (χ3v) is 4.19. The molecule has 3 nitrogen and oxygen atoms in total. The second-order valence-electron chi connectivity index (χ2n) is 5.72. The summed E-state index contributed by atoms with van der Waals surface area (Å²) in [7, 11) is 0. The van der Waals surface area contributed by atoms with Gasteiger partial charge in [0.15, 0.2) is 0 Å². The molecular weight excluding hydrogens is 248 g/mol. The van der Waals surface area contributed by atoms with E-state index < -0.39 is 0 Å². The molecule has 1 aromatic carbocycles. The van der Waals surface area contributed by atoms with Gasteiger partial charge in [-0.05, 0) is 56.9 Å². The molecule has 2 rings (SSSR count). The molecule has 0 bridgehead atoms. The second-order valence-corrected chi connectivity index (χ2v) is 5.72. The summed E-state index contributed by atoms with van der Waals surface area (Å²) in [6.07, 6.45) is 2.37. The van der Waals surface area contributed by atoms with Crippen LogP contribution in [0.15, 0.2) is 24.3 Å². The van der Waals surface area contributed by atoms with E-state index in [2.05, 4.69) is 37.8 Å². The summed E-state index contributed by atoms with van der Waals surface area (Å²) in [5.74, 6) is 0.810. The van der Waals surface area contributed by atoms with Crippen LogP contribution < -0.4 is 4.90 Å². The van der Waals surface area contributed by atoms with E-state index in [1.165, 1.54) is 12.1 Å². The van der Waals surface area contributed by atoms with Crippen molar-refractivity contribution in [3.63, 3.8) is 0 Å². The number of nitrogens with zero attached hydrogens (tertiary/aromatic N) is 2. The molecule has 0 saturated carbocycles. The topological polar surface area (TPSA) is 23.6 Å². The first-order chi connectivity index (χ1) is 9.65. The van der Waals surface area contributed by atoms with Crippen molar-refractivity contribution in [2.24, 2.45) is 5.92 Å². The lowest BCUT2D eigenvalue weighted by Crippen LogP contribution is -2.39. The lowest BCUT2D eigenvalue weighted by molar-refractivity contribution is 0.0683. The molecule has 0 spiro atoms. The number of piperidine rings is 1. The Morgan fingerprint density at radius 3 is 2.45 bits per heavy atom. The van der Waals surface area contributed by atoms with Gasteiger partial charge < -0.3 is 9.80 Å². The minimum Gasteiger partial charge on any atom is -0.372 e. The van der Waals surface area contributed by atoms with Gasteiger partial charge in [0.1, 0.15) is 0 Å². The van der Waals surface area contributed by atoms with Crippen LogP contribution in [0.1, 0.15) is 44.0 Å². The summed E-state index contributed by atoms with van der Waals surface area (Å²) >= 11 is 0. The van der Waals surface area contributed by atoms with Gasteiger partial charge in [0.2, 0.25) is 0 Å². The number of hydrogen-bond acceptors (Lipinski definition) is 2. The molecule has 20 heavy (non-hydrogen) atoms. The van der Waals surface area contributed by atoms with Crippen molar-refractivity contribution < 1.29 is 4.79 Å². The van der Waals surface area contributed by atoms with Gasteiger partial charge in [-0.15, -0.1) is 0 Å². The first kappa shape index (κ1) is 14.9. The molecule has 1 amide bonds. The molecule has 1 saturated heterocycles. The number of amides is 1. The van der Waals surface area contributed by atoms with Crippen LogP contribution in [-0.2, 0) is 0 Å². The average Bonchev–Trinajstić information content (AvgIpc) is 2.48. The van der Waals surface area contributed by atoms with Crippen molar-refractivity contribution >= 4 is 11.6 Å². The normalized spacial score (nSPS) is 18.9. The number of carbonyl (C=O) groups excluding carboxylic acids is 1. The van der Waals surface area contributed by atoms with E-state index in [1.54, 1.807) is 0 Å². The first-order valence-corrected chi connectivity index (χ1v) is 7.80. The molecule has 3 heteroatoms. The van der Waals surface area contributed by atoms with Crippen molar-refractivity contribution in [3.05, 3.63) is 29.8 Å². The zero-order chi connectivity index (χ0) is 14.5. The fraction of sp³-hybridized carbons (Fsp3) is 0.588. The second kappa shape index (κ2) is 6.78. The smallest absolute Gasteiger partial charge is 0.253 e. The number of carbonyl (C=O) groups is 1. The minimum absolute atomic E-state index is 0.183. The maximum Gasteiger partial charge on any atom is 0.253 e. The number of benzene rings is 1. The van der Waals surface area contributed by atoms with Crippen LogP contribution in [0.25, 0.3) is 0 Å². The molecule has 0 aliphatic carbocycles. The molecule has 1 atom stereocenters. The van der Waals surface area contributed by atoms with Crippen LogP contribution in [0.2, 0.25) is 0 Å². The van der Waals surface area contributed by atoms with Crippen molar-refractivity contribution in [1.82, 2.24) is 4.90 Å². The molecule has 1 aromatic rings. The Labute approximate surface area is 122 Å². The molecule has 1 aliphatic rings. The zero-order valence-corrected chi connectivity index (χ0v) is 12.9. The monoisotopic (exact) mass is 274 g/mol. The number of likely N-dealkylation sites (tertiary alicyclic amines) is 1. The van der Waals surface area contributed by atoms with Crippen LogP contribution >= 0.6 is 0 Å². The summed E-state index contributed by atoms with van der Waals surface area (Å²) in [6.45, 7) is 10.3. The Bertz CT molecular complexity index is 437. The highest BCUT2D eigenvalue weighted by Gasteiger charge is 2.21. The van der Waals surface area contributed by atoms with E-state index in [-0.39, 0.29) is 5.91 Å². The van der Waals surface area contributed by atoms with E-state index in [9.17, 15) is 4.79 Å². The van der Waals surface area contributed by atoms with Crippen molar-refractivity contribution in [1.29, 1.82) is 0 Å². The standard InChI is InChI=1S/C17H26N2O/c1-4-18(5-2)16-10-8-15(9-11-16)17(20)19-12-6-7-14(3)13-19/h8-11,14H,4-7,12-13H2,1-3H3. The summed E-state index contributed by atoms with van der Waals surface area (Å²) < 4.78 is 0. The molecule has 1 aliphatic heterocycles. The summed E-state index contributed by atoms with van der Waals surface area (Å²) in [4.78, 5) is 16.8. The van der Waals surface area contributed by atoms with Crippen LogP contribution in [-0.4, -0.2) is 37.0 Å². The molecule has 0 N–H and O–H groups in total. The van der Waals surface area contributed by atoms with Gasteiger partial charge in [0.05, 0.1) is 0 Å². The highest BCUT2D eigenvalue weighted by Crippen LogP contribution is 2.20. The number of anilines is 1. The molecule has 1 fully saturated rings. The quantitative estimate of drug-likeness (QED) is 0.840. The molecule has 1 heterocycles. The van der Waals surface area contributed by atoms with Crippen LogP contribution in [0.3, 0.4) is 0 Å². The average molecular weight is 274 g/mol. The van der Waals surface area contributed by atoms with E-state index in [1.807, 2.05) is 17.0 Å². The third kappa shape index (κ3) is 3.33. The third-order valence-electron chi connectivity index (χ3n) is 4.19. The molecule has 1 unspecified atom stereocenters. The maximum atomic E-state index is 12.5. The van der Waals surface area contributed by atoms with E-state index in [0.717, 1.165) is 38.2 Å². The summed E-state index contributed by atoms with van der Waals surface area (Å²) in [5.41, 5.74) is 2.01. The van der Waals surface area contributed by atoms with Gasteiger partial charge in [0.25, 0.3) is 5.91 Å². The van der Waals surface area contributed by atoms with E-state index >= 15 is 0 Å². The summed E-state index contributed by atoms with van der Waals surface area (Å²) in [6, 6.07) is 8.06. The Kier molecular flexibility index (Phi) is 5.05. The number of rotatable bonds is 4. The fourth-order valence-electron chi connectivity index (χ4n) is 2.96. The SMILES string of the molecule is CCN(CC)c1ccc(C(=O)N2CCCC(C)C2)cc1. The fourth-order valence-corrected chi connectivity index (χ4v) is 2.96. The predicted octanol–water partition coefficient (Wildman–Crippen LogP) is 3.40. The molecule has 0 aromatic heterocycles. The Balaban J connectivity index is 2.07. The van der Waals surface area contributed by atoms with E-state index in [4.69, 9.17) is 0 Å².